The van der Waals surface area contributed by atoms with Crippen LogP contribution in [0.4, 0.5) is 5.69 Å². The highest BCUT2D eigenvalue weighted by molar-refractivity contribution is 6.34. The fourth-order valence-electron chi connectivity index (χ4n) is 2.41. The van der Waals surface area contributed by atoms with E-state index in [9.17, 15) is 10.1 Å². The molecule has 1 fully saturated rings. The van der Waals surface area contributed by atoms with Crippen LogP contribution in [-0.2, 0) is 4.79 Å². The Balaban J connectivity index is 1.76. The van der Waals surface area contributed by atoms with Crippen LogP contribution in [0.2, 0.25) is 5.02 Å². The number of furan rings is 1. The van der Waals surface area contributed by atoms with Gasteiger partial charge in [0.2, 0.25) is 0 Å². The molecule has 0 aliphatic heterocycles. The minimum Gasteiger partial charge on any atom is -0.461 e. The van der Waals surface area contributed by atoms with Gasteiger partial charge in [-0.15, -0.1) is 0 Å². The van der Waals surface area contributed by atoms with Gasteiger partial charge in [-0.05, 0) is 36.6 Å². The maximum atomic E-state index is 12.2. The Labute approximate surface area is 139 Å². The molecule has 1 heterocycles. The molecular formula is C18H15ClN2O2. The Hall–Kier alpha value is -2.51. The first-order valence-electron chi connectivity index (χ1n) is 7.36. The van der Waals surface area contributed by atoms with Gasteiger partial charge in [0.15, 0.2) is 0 Å². The Morgan fingerprint density at radius 2 is 2.13 bits per heavy atom. The largest absolute Gasteiger partial charge is 0.461 e. The number of nitrogens with one attached hydrogen (secondary N) is 1. The number of halogens is 1. The highest BCUT2D eigenvalue weighted by atomic mass is 35.5. The molecule has 23 heavy (non-hydrogen) atoms. The molecule has 0 unspecified atom stereocenters. The number of carbonyl (C=O) groups is 1. The minimum atomic E-state index is -0.515. The number of anilines is 1. The summed E-state index contributed by atoms with van der Waals surface area (Å²) in [6.45, 7) is 2.17. The minimum absolute atomic E-state index is 0.0327. The molecule has 0 saturated heterocycles. The number of nitrogens with zero attached hydrogens (tertiary/aromatic N) is 1. The standard InChI is InChI=1S/C18H15ClN2O2/c1-11-8-14(11)17-7-6-13(23-17)9-12(10-20)18(22)21-16-5-3-2-4-15(16)19/h2-7,9,11,14H,8H2,1H3,(H,21,22)/b12-9+/t11-,14-/m1/s1. The van der Waals surface area contributed by atoms with Gasteiger partial charge in [-0.2, -0.15) is 5.26 Å². The number of hydrogen-bond donors (Lipinski definition) is 1. The van der Waals surface area contributed by atoms with E-state index >= 15 is 0 Å². The van der Waals surface area contributed by atoms with Crippen LogP contribution in [-0.4, -0.2) is 5.91 Å². The number of amides is 1. The highest BCUT2D eigenvalue weighted by Gasteiger charge is 2.36. The molecule has 0 bridgehead atoms. The van der Waals surface area contributed by atoms with Gasteiger partial charge in [-0.1, -0.05) is 30.7 Å². The van der Waals surface area contributed by atoms with E-state index in [1.54, 1.807) is 30.3 Å². The topological polar surface area (TPSA) is 66.0 Å². The van der Waals surface area contributed by atoms with Gasteiger partial charge in [0.05, 0.1) is 10.7 Å². The first-order valence-corrected chi connectivity index (χ1v) is 7.73. The van der Waals surface area contributed by atoms with Crippen molar-refractivity contribution in [1.29, 1.82) is 5.26 Å². The van der Waals surface area contributed by atoms with E-state index in [-0.39, 0.29) is 5.57 Å². The average molecular weight is 327 g/mol. The van der Waals surface area contributed by atoms with Crippen LogP contribution in [0.5, 0.6) is 0 Å². The van der Waals surface area contributed by atoms with Crippen molar-refractivity contribution < 1.29 is 9.21 Å². The average Bonchev–Trinajstić information content (AvgIpc) is 3.09. The van der Waals surface area contributed by atoms with Gasteiger partial charge in [0.1, 0.15) is 23.2 Å². The van der Waals surface area contributed by atoms with E-state index in [0.717, 1.165) is 12.2 Å². The Bertz CT molecular complexity index is 816. The molecule has 1 aromatic heterocycles. The third-order valence-corrected chi connectivity index (χ3v) is 4.23. The summed E-state index contributed by atoms with van der Waals surface area (Å²) in [7, 11) is 0. The third kappa shape index (κ3) is 3.46. The van der Waals surface area contributed by atoms with Crippen LogP contribution < -0.4 is 5.32 Å². The molecule has 1 saturated carbocycles. The summed E-state index contributed by atoms with van der Waals surface area (Å²) in [5.74, 6) is 1.99. The van der Waals surface area contributed by atoms with E-state index in [0.29, 0.717) is 28.3 Å². The molecule has 1 amide bonds. The van der Waals surface area contributed by atoms with Crippen molar-refractivity contribution in [2.75, 3.05) is 5.32 Å². The second-order valence-corrected chi connectivity index (χ2v) is 6.07. The van der Waals surface area contributed by atoms with Gasteiger partial charge in [-0.25, -0.2) is 0 Å². The molecule has 1 N–H and O–H groups in total. The molecule has 2 aromatic rings. The zero-order chi connectivity index (χ0) is 16.4. The van der Waals surface area contributed by atoms with Gasteiger partial charge in [0, 0.05) is 12.0 Å². The summed E-state index contributed by atoms with van der Waals surface area (Å²) in [5.41, 5.74) is 0.432. The van der Waals surface area contributed by atoms with E-state index in [1.807, 2.05) is 12.1 Å². The van der Waals surface area contributed by atoms with Crippen LogP contribution in [0, 0.1) is 17.2 Å². The van der Waals surface area contributed by atoms with Crippen LogP contribution >= 0.6 is 11.6 Å². The summed E-state index contributed by atoms with van der Waals surface area (Å²) in [6, 6.07) is 12.4. The first-order chi connectivity index (χ1) is 11.1. The predicted molar refractivity (Wildman–Crippen MR) is 88.9 cm³/mol. The Morgan fingerprint density at radius 1 is 1.39 bits per heavy atom. The summed E-state index contributed by atoms with van der Waals surface area (Å²) in [4.78, 5) is 12.2. The lowest BCUT2D eigenvalue weighted by atomic mass is 10.2. The van der Waals surface area contributed by atoms with Crippen molar-refractivity contribution in [2.24, 2.45) is 5.92 Å². The Kier molecular flexibility index (Phi) is 4.22. The molecule has 1 aliphatic rings. The SMILES string of the molecule is C[C@@H]1C[C@H]1c1ccc(/C=C(\C#N)C(=O)Nc2ccccc2Cl)o1. The smallest absolute Gasteiger partial charge is 0.266 e. The number of benzene rings is 1. The molecule has 116 valence electrons. The second kappa shape index (κ2) is 6.31. The van der Waals surface area contributed by atoms with Gasteiger partial charge < -0.3 is 9.73 Å². The fraction of sp³-hybridized carbons (Fsp3) is 0.222. The molecule has 4 nitrogen and oxygen atoms in total. The second-order valence-electron chi connectivity index (χ2n) is 5.66. The monoisotopic (exact) mass is 326 g/mol. The van der Waals surface area contributed by atoms with Crippen molar-refractivity contribution in [1.82, 2.24) is 0 Å². The van der Waals surface area contributed by atoms with Gasteiger partial charge >= 0.3 is 0 Å². The number of rotatable bonds is 4. The summed E-state index contributed by atoms with van der Waals surface area (Å²) in [5, 5.41) is 12.3. The summed E-state index contributed by atoms with van der Waals surface area (Å²) >= 11 is 6.00. The first kappa shape index (κ1) is 15.4. The van der Waals surface area contributed by atoms with E-state index in [2.05, 4.69) is 12.2 Å². The normalized spacial score (nSPS) is 20.0. The molecule has 1 aliphatic carbocycles. The lowest BCUT2D eigenvalue weighted by Crippen LogP contribution is -2.13. The van der Waals surface area contributed by atoms with E-state index in [1.165, 1.54) is 6.08 Å². The van der Waals surface area contributed by atoms with Crippen molar-refractivity contribution in [3.8, 4) is 6.07 Å². The maximum absolute atomic E-state index is 12.2. The van der Waals surface area contributed by atoms with Crippen molar-refractivity contribution in [2.45, 2.75) is 19.3 Å². The van der Waals surface area contributed by atoms with Gasteiger partial charge in [-0.3, -0.25) is 4.79 Å². The molecule has 3 rings (SSSR count). The van der Waals surface area contributed by atoms with Gasteiger partial charge in [0.25, 0.3) is 5.91 Å². The lowest BCUT2D eigenvalue weighted by Gasteiger charge is -2.05. The van der Waals surface area contributed by atoms with E-state index < -0.39 is 5.91 Å². The fourth-order valence-corrected chi connectivity index (χ4v) is 2.59. The van der Waals surface area contributed by atoms with Crippen LogP contribution in [0.25, 0.3) is 6.08 Å². The molecular weight excluding hydrogens is 312 g/mol. The molecule has 5 heteroatoms. The molecule has 0 spiro atoms. The van der Waals surface area contributed by atoms with Crippen LogP contribution in [0.1, 0.15) is 30.8 Å². The quantitative estimate of drug-likeness (QED) is 0.659. The maximum Gasteiger partial charge on any atom is 0.266 e. The third-order valence-electron chi connectivity index (χ3n) is 3.90. The number of carbonyl (C=O) groups excluding carboxylic acids is 1. The zero-order valence-corrected chi connectivity index (χ0v) is 13.3. The number of hydrogen-bond acceptors (Lipinski definition) is 3. The van der Waals surface area contributed by atoms with Crippen LogP contribution in [0.15, 0.2) is 46.4 Å². The summed E-state index contributed by atoms with van der Waals surface area (Å²) in [6.07, 6.45) is 2.57. The van der Waals surface area contributed by atoms with Crippen molar-refractivity contribution in [3.05, 3.63) is 58.5 Å². The number of para-hydroxylation sites is 1. The van der Waals surface area contributed by atoms with Crippen molar-refractivity contribution >= 4 is 29.3 Å². The predicted octanol–water partition coefficient (Wildman–Crippen LogP) is 4.60. The van der Waals surface area contributed by atoms with Crippen molar-refractivity contribution in [3.63, 3.8) is 0 Å². The molecule has 0 radical (unpaired) electrons. The molecule has 2 atom stereocenters. The lowest BCUT2D eigenvalue weighted by molar-refractivity contribution is -0.112. The highest BCUT2D eigenvalue weighted by Crippen LogP contribution is 2.47. The van der Waals surface area contributed by atoms with E-state index in [4.69, 9.17) is 16.0 Å². The number of nitriles is 1. The summed E-state index contributed by atoms with van der Waals surface area (Å²) < 4.78 is 5.70. The zero-order valence-electron chi connectivity index (χ0n) is 12.5. The van der Waals surface area contributed by atoms with Crippen LogP contribution in [0.3, 0.4) is 0 Å². The Morgan fingerprint density at radius 3 is 2.78 bits per heavy atom. The molecule has 1 aromatic carbocycles.